The first-order valence-corrected chi connectivity index (χ1v) is 9.76. The van der Waals surface area contributed by atoms with Crippen LogP contribution in [0, 0.1) is 5.92 Å². The van der Waals surface area contributed by atoms with Gasteiger partial charge in [0.15, 0.2) is 5.96 Å². The van der Waals surface area contributed by atoms with E-state index >= 15 is 0 Å². The third-order valence-corrected chi connectivity index (χ3v) is 3.94. The van der Waals surface area contributed by atoms with Crippen LogP contribution >= 0.6 is 24.0 Å². The zero-order valence-corrected chi connectivity index (χ0v) is 20.0. The van der Waals surface area contributed by atoms with E-state index in [1.165, 1.54) is 4.90 Å². The molecular weight excluding hydrogens is 502 g/mol. The van der Waals surface area contributed by atoms with E-state index in [0.717, 1.165) is 6.42 Å². The molecule has 11 heteroatoms. The van der Waals surface area contributed by atoms with Crippen LogP contribution in [0.15, 0.2) is 4.99 Å². The van der Waals surface area contributed by atoms with E-state index in [9.17, 15) is 18.0 Å². The van der Waals surface area contributed by atoms with Gasteiger partial charge in [0.2, 0.25) is 0 Å². The van der Waals surface area contributed by atoms with Crippen LogP contribution in [0.3, 0.4) is 0 Å². The number of ether oxygens (including phenoxy) is 1. The minimum absolute atomic E-state index is 0. The number of likely N-dealkylation sites (tertiary alicyclic amines) is 1. The van der Waals surface area contributed by atoms with E-state index in [-0.39, 0.29) is 29.9 Å². The number of rotatable bonds is 8. The van der Waals surface area contributed by atoms with Crippen LogP contribution in [0.25, 0.3) is 0 Å². The quantitative estimate of drug-likeness (QED) is 0.192. The van der Waals surface area contributed by atoms with E-state index in [4.69, 9.17) is 4.74 Å². The molecule has 7 nitrogen and oxygen atoms in total. The van der Waals surface area contributed by atoms with Crippen LogP contribution in [-0.2, 0) is 4.74 Å². The van der Waals surface area contributed by atoms with Crippen molar-refractivity contribution in [3.8, 4) is 0 Å². The second-order valence-corrected chi connectivity index (χ2v) is 7.93. The molecule has 29 heavy (non-hydrogen) atoms. The Balaban J connectivity index is 0.00000784. The van der Waals surface area contributed by atoms with Crippen molar-refractivity contribution in [3.63, 3.8) is 0 Å². The summed E-state index contributed by atoms with van der Waals surface area (Å²) in [5, 5.41) is 8.98. The number of guanidine groups is 1. The summed E-state index contributed by atoms with van der Waals surface area (Å²) in [6, 6.07) is 0. The minimum atomic E-state index is -4.15. The molecule has 0 bridgehead atoms. The Morgan fingerprint density at radius 3 is 2.41 bits per heavy atom. The van der Waals surface area contributed by atoms with Crippen molar-refractivity contribution in [1.82, 2.24) is 20.9 Å². The fourth-order valence-corrected chi connectivity index (χ4v) is 2.82. The molecule has 0 radical (unpaired) electrons. The zero-order chi connectivity index (χ0) is 21.2. The average Bonchev–Trinajstić information content (AvgIpc) is 2.95. The molecule has 1 fully saturated rings. The second kappa shape index (κ2) is 13.3. The molecule has 172 valence electrons. The molecule has 1 amide bonds. The Morgan fingerprint density at radius 1 is 1.17 bits per heavy atom. The highest BCUT2D eigenvalue weighted by Gasteiger charge is 2.34. The van der Waals surface area contributed by atoms with Crippen molar-refractivity contribution >= 4 is 36.0 Å². The minimum Gasteiger partial charge on any atom is -0.444 e. The summed E-state index contributed by atoms with van der Waals surface area (Å²) in [7, 11) is 0. The molecule has 1 saturated heterocycles. The van der Waals surface area contributed by atoms with Crippen LogP contribution in [0.2, 0.25) is 0 Å². The van der Waals surface area contributed by atoms with Crippen molar-refractivity contribution < 1.29 is 22.7 Å². The summed E-state index contributed by atoms with van der Waals surface area (Å²) >= 11 is 0. The number of carbonyl (C=O) groups excluding carboxylic acids is 1. The Bertz CT molecular complexity index is 513. The first-order chi connectivity index (χ1) is 13.0. The Morgan fingerprint density at radius 2 is 1.83 bits per heavy atom. The van der Waals surface area contributed by atoms with Crippen molar-refractivity contribution in [2.24, 2.45) is 10.9 Å². The van der Waals surface area contributed by atoms with Crippen LogP contribution in [0.4, 0.5) is 18.0 Å². The Hall–Kier alpha value is -0.980. The van der Waals surface area contributed by atoms with Gasteiger partial charge in [-0.25, -0.2) is 4.79 Å². The summed E-state index contributed by atoms with van der Waals surface area (Å²) in [4.78, 5) is 17.5. The molecule has 1 aliphatic heterocycles. The van der Waals surface area contributed by atoms with Gasteiger partial charge in [-0.05, 0) is 53.0 Å². The maximum atomic E-state index is 12.5. The lowest BCUT2D eigenvalue weighted by atomic mass is 10.1. The van der Waals surface area contributed by atoms with Crippen molar-refractivity contribution in [2.45, 2.75) is 52.3 Å². The summed E-state index contributed by atoms with van der Waals surface area (Å²) < 4.78 is 42.5. The SMILES string of the molecule is CCNC(=NCC1CCN(CC(F)(F)F)C1)NCCCNC(=O)OC(C)(C)C.I. The molecule has 3 N–H and O–H groups in total. The van der Waals surface area contributed by atoms with Gasteiger partial charge in [-0.2, -0.15) is 13.2 Å². The number of hydrogen-bond donors (Lipinski definition) is 3. The van der Waals surface area contributed by atoms with E-state index in [0.29, 0.717) is 51.6 Å². The molecule has 0 aromatic heterocycles. The Labute approximate surface area is 188 Å². The standard InChI is InChI=1S/C18H34F3N5O2.HI/c1-5-22-15(23-8-6-9-24-16(27)28-17(2,3)4)25-11-14-7-10-26(12-14)13-18(19,20)21;/h14H,5-13H2,1-4H3,(H,24,27)(H2,22,23,25);1H. The van der Waals surface area contributed by atoms with Gasteiger partial charge in [-0.15, -0.1) is 24.0 Å². The molecule has 1 rings (SSSR count). The van der Waals surface area contributed by atoms with Gasteiger partial charge >= 0.3 is 12.3 Å². The molecule has 0 spiro atoms. The summed E-state index contributed by atoms with van der Waals surface area (Å²) in [5.74, 6) is 0.765. The molecule has 1 unspecified atom stereocenters. The fourth-order valence-electron chi connectivity index (χ4n) is 2.82. The number of aliphatic imine (C=N–C) groups is 1. The summed E-state index contributed by atoms with van der Waals surface area (Å²) in [6.45, 7) is 9.63. The van der Waals surface area contributed by atoms with Crippen LogP contribution in [-0.4, -0.2) is 74.5 Å². The number of alkyl carbamates (subject to hydrolysis) is 1. The summed E-state index contributed by atoms with van der Waals surface area (Å²) in [6.07, 6.45) is -3.19. The smallest absolute Gasteiger partial charge is 0.407 e. The first-order valence-electron chi connectivity index (χ1n) is 9.76. The lowest BCUT2D eigenvalue weighted by Crippen LogP contribution is -2.39. The van der Waals surface area contributed by atoms with Crippen LogP contribution in [0.5, 0.6) is 0 Å². The fraction of sp³-hybridized carbons (Fsp3) is 0.889. The molecule has 0 aliphatic carbocycles. The average molecular weight is 537 g/mol. The number of alkyl halides is 3. The van der Waals surface area contributed by atoms with Crippen molar-refractivity contribution in [1.29, 1.82) is 0 Å². The van der Waals surface area contributed by atoms with Gasteiger partial charge in [0, 0.05) is 32.7 Å². The highest BCUT2D eigenvalue weighted by Crippen LogP contribution is 2.22. The number of carbonyl (C=O) groups is 1. The van der Waals surface area contributed by atoms with E-state index < -0.39 is 24.4 Å². The van der Waals surface area contributed by atoms with E-state index in [1.807, 2.05) is 6.92 Å². The van der Waals surface area contributed by atoms with Gasteiger partial charge in [-0.1, -0.05) is 0 Å². The number of halogens is 4. The molecule has 1 aliphatic rings. The molecule has 0 saturated carbocycles. The van der Waals surface area contributed by atoms with Gasteiger partial charge in [-0.3, -0.25) is 9.89 Å². The monoisotopic (exact) mass is 537 g/mol. The number of nitrogens with zero attached hydrogens (tertiary/aromatic N) is 2. The normalized spacial score (nSPS) is 18.2. The molecule has 1 atom stereocenters. The van der Waals surface area contributed by atoms with Gasteiger partial charge in [0.1, 0.15) is 5.60 Å². The maximum Gasteiger partial charge on any atom is 0.407 e. The zero-order valence-electron chi connectivity index (χ0n) is 17.7. The third-order valence-electron chi connectivity index (χ3n) is 3.94. The Kier molecular flexibility index (Phi) is 12.9. The molecule has 0 aromatic carbocycles. The third kappa shape index (κ3) is 14.6. The van der Waals surface area contributed by atoms with E-state index in [1.54, 1.807) is 20.8 Å². The second-order valence-electron chi connectivity index (χ2n) is 7.93. The predicted molar refractivity (Wildman–Crippen MR) is 119 cm³/mol. The van der Waals surface area contributed by atoms with Crippen molar-refractivity contribution in [3.05, 3.63) is 0 Å². The lowest BCUT2D eigenvalue weighted by molar-refractivity contribution is -0.143. The van der Waals surface area contributed by atoms with E-state index in [2.05, 4.69) is 20.9 Å². The number of amides is 1. The molecule has 0 aromatic rings. The molecular formula is C18H35F3IN5O2. The lowest BCUT2D eigenvalue weighted by Gasteiger charge is -2.19. The van der Waals surface area contributed by atoms with Crippen LogP contribution in [0.1, 0.15) is 40.5 Å². The highest BCUT2D eigenvalue weighted by atomic mass is 127. The van der Waals surface area contributed by atoms with Crippen LogP contribution < -0.4 is 16.0 Å². The predicted octanol–water partition coefficient (Wildman–Crippen LogP) is 2.96. The highest BCUT2D eigenvalue weighted by molar-refractivity contribution is 14.0. The number of nitrogens with one attached hydrogen (secondary N) is 3. The largest absolute Gasteiger partial charge is 0.444 e. The maximum absolute atomic E-state index is 12.5. The first kappa shape index (κ1) is 28.0. The van der Waals surface area contributed by atoms with Gasteiger partial charge in [0.25, 0.3) is 0 Å². The summed E-state index contributed by atoms with van der Waals surface area (Å²) in [5.41, 5.74) is -0.525. The van der Waals surface area contributed by atoms with Gasteiger partial charge < -0.3 is 20.7 Å². The molecule has 1 heterocycles. The van der Waals surface area contributed by atoms with Crippen molar-refractivity contribution in [2.75, 3.05) is 45.8 Å². The topological polar surface area (TPSA) is 78.0 Å². The number of hydrogen-bond acceptors (Lipinski definition) is 4. The van der Waals surface area contributed by atoms with Gasteiger partial charge in [0.05, 0.1) is 6.54 Å².